The van der Waals surface area contributed by atoms with Crippen molar-refractivity contribution in [3.05, 3.63) is 0 Å². The molecule has 2 aliphatic rings. The molecule has 1 saturated heterocycles. The highest BCUT2D eigenvalue weighted by Crippen LogP contribution is 2.33. The number of nitrogens with two attached hydrogens (primary N) is 2. The lowest BCUT2D eigenvalue weighted by Crippen LogP contribution is -2.51. The number of hydrogen-bond acceptors (Lipinski definition) is 3. The van der Waals surface area contributed by atoms with Crippen molar-refractivity contribution in [2.75, 3.05) is 13.1 Å². The number of carbonyl (C=O) groups excluding carboxylic acids is 1. The van der Waals surface area contributed by atoms with E-state index in [4.69, 9.17) is 11.5 Å². The maximum atomic E-state index is 11.3. The second-order valence-electron chi connectivity index (χ2n) is 5.64. The van der Waals surface area contributed by atoms with Crippen LogP contribution in [-0.4, -0.2) is 35.5 Å². The quantitative estimate of drug-likeness (QED) is 0.717. The molecule has 0 spiro atoms. The number of amides is 1. The lowest BCUT2D eigenvalue weighted by atomic mass is 9.95. The van der Waals surface area contributed by atoms with Gasteiger partial charge in [-0.15, -0.1) is 0 Å². The third kappa shape index (κ3) is 2.23. The second-order valence-corrected chi connectivity index (χ2v) is 5.64. The Labute approximate surface area is 97.3 Å². The SMILES string of the molecule is CC1CCN(C2CCC(N)(C(N)=O)C2)CC1. The van der Waals surface area contributed by atoms with Crippen LogP contribution in [0, 0.1) is 5.92 Å². The molecule has 2 atom stereocenters. The molecule has 0 aromatic heterocycles. The van der Waals surface area contributed by atoms with Gasteiger partial charge in [0.2, 0.25) is 5.91 Å². The van der Waals surface area contributed by atoms with E-state index in [0.717, 1.165) is 38.3 Å². The van der Waals surface area contributed by atoms with Crippen molar-refractivity contribution in [2.24, 2.45) is 17.4 Å². The molecule has 2 fully saturated rings. The molecule has 0 aromatic carbocycles. The number of carbonyl (C=O) groups is 1. The zero-order valence-corrected chi connectivity index (χ0v) is 10.1. The second kappa shape index (κ2) is 4.34. The minimum Gasteiger partial charge on any atom is -0.368 e. The molecule has 2 unspecified atom stereocenters. The van der Waals surface area contributed by atoms with Gasteiger partial charge in [0.15, 0.2) is 0 Å². The predicted molar refractivity (Wildman–Crippen MR) is 63.7 cm³/mol. The highest BCUT2D eigenvalue weighted by Gasteiger charge is 2.42. The summed E-state index contributed by atoms with van der Waals surface area (Å²) in [7, 11) is 0. The topological polar surface area (TPSA) is 72.3 Å². The minimum absolute atomic E-state index is 0.333. The summed E-state index contributed by atoms with van der Waals surface area (Å²) >= 11 is 0. The molecule has 1 aliphatic heterocycles. The first kappa shape index (κ1) is 11.9. The molecule has 16 heavy (non-hydrogen) atoms. The Morgan fingerprint density at radius 3 is 2.44 bits per heavy atom. The lowest BCUT2D eigenvalue weighted by molar-refractivity contribution is -0.123. The van der Waals surface area contributed by atoms with Gasteiger partial charge in [0.1, 0.15) is 0 Å². The van der Waals surface area contributed by atoms with E-state index in [1.807, 2.05) is 0 Å². The Bertz CT molecular complexity index is 273. The van der Waals surface area contributed by atoms with Crippen LogP contribution in [0.3, 0.4) is 0 Å². The van der Waals surface area contributed by atoms with Crippen LogP contribution in [-0.2, 0) is 4.79 Å². The third-order valence-corrected chi connectivity index (χ3v) is 4.35. The van der Waals surface area contributed by atoms with E-state index < -0.39 is 5.54 Å². The van der Waals surface area contributed by atoms with Crippen LogP contribution in [0.4, 0.5) is 0 Å². The van der Waals surface area contributed by atoms with E-state index in [1.165, 1.54) is 12.8 Å². The molecule has 1 aliphatic carbocycles. The van der Waals surface area contributed by atoms with Gasteiger partial charge in [-0.2, -0.15) is 0 Å². The van der Waals surface area contributed by atoms with Gasteiger partial charge in [-0.3, -0.25) is 4.79 Å². The molecule has 4 nitrogen and oxygen atoms in total. The van der Waals surface area contributed by atoms with E-state index in [-0.39, 0.29) is 5.91 Å². The van der Waals surface area contributed by atoms with Crippen LogP contribution < -0.4 is 11.5 Å². The number of piperidine rings is 1. The molecule has 4 heteroatoms. The number of nitrogens with zero attached hydrogens (tertiary/aromatic N) is 1. The molecule has 4 N–H and O–H groups in total. The Kier molecular flexibility index (Phi) is 3.22. The number of rotatable bonds is 2. The fourth-order valence-electron chi connectivity index (χ4n) is 2.98. The van der Waals surface area contributed by atoms with Gasteiger partial charge < -0.3 is 16.4 Å². The van der Waals surface area contributed by atoms with Gasteiger partial charge in [0, 0.05) is 6.04 Å². The van der Waals surface area contributed by atoms with Crippen molar-refractivity contribution in [1.29, 1.82) is 0 Å². The zero-order chi connectivity index (χ0) is 11.8. The molecule has 2 rings (SSSR count). The van der Waals surface area contributed by atoms with Crippen LogP contribution in [0.1, 0.15) is 39.0 Å². The highest BCUT2D eigenvalue weighted by molar-refractivity contribution is 5.84. The summed E-state index contributed by atoms with van der Waals surface area (Å²) in [6.45, 7) is 4.62. The van der Waals surface area contributed by atoms with E-state index in [9.17, 15) is 4.79 Å². The first-order valence-electron chi connectivity index (χ1n) is 6.34. The Morgan fingerprint density at radius 2 is 1.94 bits per heavy atom. The maximum Gasteiger partial charge on any atom is 0.237 e. The van der Waals surface area contributed by atoms with Crippen LogP contribution in [0.15, 0.2) is 0 Å². The first-order valence-corrected chi connectivity index (χ1v) is 6.34. The third-order valence-electron chi connectivity index (χ3n) is 4.35. The number of hydrogen-bond donors (Lipinski definition) is 2. The molecule has 0 radical (unpaired) electrons. The molecule has 0 aromatic rings. The van der Waals surface area contributed by atoms with Crippen molar-refractivity contribution in [3.8, 4) is 0 Å². The predicted octanol–water partition coefficient (Wildman–Crippen LogP) is 0.454. The number of primary amides is 1. The highest BCUT2D eigenvalue weighted by atomic mass is 16.1. The fraction of sp³-hybridized carbons (Fsp3) is 0.917. The van der Waals surface area contributed by atoms with Crippen LogP contribution in [0.5, 0.6) is 0 Å². The monoisotopic (exact) mass is 225 g/mol. The summed E-state index contributed by atoms with van der Waals surface area (Å²) in [5.74, 6) is 0.511. The Balaban J connectivity index is 1.91. The molecule has 1 heterocycles. The van der Waals surface area contributed by atoms with Crippen LogP contribution >= 0.6 is 0 Å². The van der Waals surface area contributed by atoms with Crippen molar-refractivity contribution in [3.63, 3.8) is 0 Å². The normalized spacial score (nSPS) is 37.8. The summed E-state index contributed by atoms with van der Waals surface area (Å²) < 4.78 is 0. The standard InChI is InChI=1S/C12H23N3O/c1-9-3-6-15(7-4-9)10-2-5-12(14,8-10)11(13)16/h9-10H,2-8,14H2,1H3,(H2,13,16). The van der Waals surface area contributed by atoms with Gasteiger partial charge >= 0.3 is 0 Å². The zero-order valence-electron chi connectivity index (χ0n) is 10.1. The molecular formula is C12H23N3O. The van der Waals surface area contributed by atoms with Gasteiger partial charge in [-0.05, 0) is 51.1 Å². The fourth-order valence-corrected chi connectivity index (χ4v) is 2.98. The van der Waals surface area contributed by atoms with Crippen molar-refractivity contribution in [1.82, 2.24) is 4.90 Å². The molecule has 1 amide bonds. The molecule has 0 bridgehead atoms. The summed E-state index contributed by atoms with van der Waals surface area (Å²) in [5.41, 5.74) is 10.6. The molecular weight excluding hydrogens is 202 g/mol. The molecule has 1 saturated carbocycles. The maximum absolute atomic E-state index is 11.3. The summed E-state index contributed by atoms with van der Waals surface area (Å²) in [6, 6.07) is 0.477. The van der Waals surface area contributed by atoms with Crippen LogP contribution in [0.2, 0.25) is 0 Å². The van der Waals surface area contributed by atoms with E-state index in [1.54, 1.807) is 0 Å². The summed E-state index contributed by atoms with van der Waals surface area (Å²) in [6.07, 6.45) is 5.05. The molecule has 92 valence electrons. The average molecular weight is 225 g/mol. The Hall–Kier alpha value is -0.610. The van der Waals surface area contributed by atoms with Crippen molar-refractivity contribution < 1.29 is 4.79 Å². The lowest BCUT2D eigenvalue weighted by Gasteiger charge is -2.35. The van der Waals surface area contributed by atoms with Gasteiger partial charge in [-0.1, -0.05) is 6.92 Å². The van der Waals surface area contributed by atoms with Crippen LogP contribution in [0.25, 0.3) is 0 Å². The smallest absolute Gasteiger partial charge is 0.237 e. The van der Waals surface area contributed by atoms with E-state index >= 15 is 0 Å². The number of likely N-dealkylation sites (tertiary alicyclic amines) is 1. The average Bonchev–Trinajstić information content (AvgIpc) is 2.63. The summed E-state index contributed by atoms with van der Waals surface area (Å²) in [5, 5.41) is 0. The minimum atomic E-state index is -0.742. The summed E-state index contributed by atoms with van der Waals surface area (Å²) in [4.78, 5) is 13.8. The Morgan fingerprint density at radius 1 is 1.31 bits per heavy atom. The van der Waals surface area contributed by atoms with Gasteiger partial charge in [0.05, 0.1) is 5.54 Å². The van der Waals surface area contributed by atoms with Crippen molar-refractivity contribution in [2.45, 2.75) is 50.6 Å². The van der Waals surface area contributed by atoms with E-state index in [0.29, 0.717) is 6.04 Å². The van der Waals surface area contributed by atoms with Gasteiger partial charge in [0.25, 0.3) is 0 Å². The first-order chi connectivity index (χ1) is 7.51. The van der Waals surface area contributed by atoms with E-state index in [2.05, 4.69) is 11.8 Å². The largest absolute Gasteiger partial charge is 0.368 e. The van der Waals surface area contributed by atoms with Crippen molar-refractivity contribution >= 4 is 5.91 Å². The van der Waals surface area contributed by atoms with Gasteiger partial charge in [-0.25, -0.2) is 0 Å².